The van der Waals surface area contributed by atoms with Crippen molar-refractivity contribution in [2.75, 3.05) is 0 Å². The maximum atomic E-state index is 10.3. The molecule has 0 fully saturated rings. The first kappa shape index (κ1) is 91.3. The Morgan fingerprint density at radius 1 is 0.340 bits per heavy atom. The summed E-state index contributed by atoms with van der Waals surface area (Å²) >= 11 is 0. The molecule has 4 aromatic heterocycles. The standard InChI is InChI=1S/4C6H5NO2.2Ag.2H2O.8O.2Re/c4*8-6(9)5-1-3-7-4-2-5;;;;;;;;;;;;;;/h4*1-4H,(H,8,9);;;2*1H2;;;;;;;;;;/q;;;;2*+1;;;8*-2;;/p+4. The third-order valence-corrected chi connectivity index (χ3v) is 3.77. The molecule has 12 N–H and O–H groups in total. The van der Waals surface area contributed by atoms with E-state index in [1.807, 2.05) is 0 Å². The zero-order valence-electron chi connectivity index (χ0n) is 24.3. The number of nitrogens with zero attached hydrogens (tertiary/aromatic N) is 4. The van der Waals surface area contributed by atoms with Crippen molar-refractivity contribution >= 4 is 23.9 Å². The molecular formula is C24H28Ag2N4O18Re2-10. The van der Waals surface area contributed by atoms with Gasteiger partial charge in [0.1, 0.15) is 22.3 Å². The number of pyridine rings is 4. The third-order valence-electron chi connectivity index (χ3n) is 3.77. The summed E-state index contributed by atoms with van der Waals surface area (Å²) in [5.41, 5.74) is 1.52. The summed E-state index contributed by atoms with van der Waals surface area (Å²) in [5.74, 6) is -2.68. The van der Waals surface area contributed by atoms with Gasteiger partial charge in [0.25, 0.3) is 0 Å². The normalized spacial score (nSPS) is 6.40. The van der Waals surface area contributed by atoms with Crippen molar-refractivity contribution in [3.8, 4) is 0 Å². The molecule has 0 aliphatic heterocycles. The first-order valence-electron chi connectivity index (χ1n) is 9.86. The predicted molar refractivity (Wildman–Crippen MR) is 141 cm³/mol. The van der Waals surface area contributed by atoms with Gasteiger partial charge in [0.15, 0.2) is 0 Å². The largest absolute Gasteiger partial charge is 2.00 e. The molecule has 4 aromatic rings. The number of aromatic nitrogens is 4. The number of rotatable bonds is 4. The molecule has 26 heteroatoms. The van der Waals surface area contributed by atoms with Crippen LogP contribution in [0.4, 0.5) is 0 Å². The molecule has 0 aromatic carbocycles. The maximum absolute atomic E-state index is 10.3. The topological polar surface area (TPSA) is 502 Å². The fourth-order valence-electron chi connectivity index (χ4n) is 2.01. The van der Waals surface area contributed by atoms with Gasteiger partial charge >= 0.3 is 68.6 Å². The molecule has 0 unspecified atom stereocenters. The summed E-state index contributed by atoms with van der Waals surface area (Å²) in [6.45, 7) is 0. The van der Waals surface area contributed by atoms with E-state index >= 15 is 0 Å². The second kappa shape index (κ2) is 55.3. The van der Waals surface area contributed by atoms with Gasteiger partial charge in [-0.15, -0.1) is 0 Å². The van der Waals surface area contributed by atoms with Crippen molar-refractivity contribution in [1.82, 2.24) is 19.9 Å². The van der Waals surface area contributed by atoms with Crippen molar-refractivity contribution < 1.29 is 180 Å². The first-order valence-corrected chi connectivity index (χ1v) is 9.86. The molecule has 2 radical (unpaired) electrons. The average molecular weight is 1250 g/mol. The van der Waals surface area contributed by atoms with Crippen molar-refractivity contribution in [1.29, 1.82) is 0 Å². The van der Waals surface area contributed by atoms with E-state index < -0.39 is 23.9 Å². The summed E-state index contributed by atoms with van der Waals surface area (Å²) in [6, 6.07) is 12.1. The number of hydrogen-bond acceptors (Lipinski definition) is 8. The Morgan fingerprint density at radius 2 is 0.440 bits per heavy atom. The van der Waals surface area contributed by atoms with Crippen LogP contribution in [0, 0.1) is 0 Å². The Balaban J connectivity index is -0.0000000263. The monoisotopic (exact) mass is 1250 g/mol. The van der Waals surface area contributed by atoms with Gasteiger partial charge < -0.3 is 75.2 Å². The van der Waals surface area contributed by atoms with Crippen molar-refractivity contribution in [3.05, 3.63) is 120 Å². The third kappa shape index (κ3) is 42.9. The van der Waals surface area contributed by atoms with Crippen LogP contribution < -0.4 is 0 Å². The fourth-order valence-corrected chi connectivity index (χ4v) is 2.01. The van der Waals surface area contributed by atoms with E-state index in [9.17, 15) is 19.2 Å². The Hall–Kier alpha value is -3.11. The molecule has 0 saturated carbocycles. The molecule has 0 spiro atoms. The second-order valence-electron chi connectivity index (χ2n) is 6.26. The van der Waals surface area contributed by atoms with Gasteiger partial charge in [0, 0.05) is 110 Å². The Bertz CT molecular complexity index is 1070. The van der Waals surface area contributed by atoms with Crippen molar-refractivity contribution in [2.45, 2.75) is 0 Å². The van der Waals surface area contributed by atoms with Crippen LogP contribution in [0.5, 0.6) is 0 Å². The number of carbonyl (C=O) groups excluding carboxylic acids is 4. The first-order chi connectivity index (χ1) is 17.2. The zero-order chi connectivity index (χ0) is 26.8. The van der Waals surface area contributed by atoms with Gasteiger partial charge in [-0.25, -0.2) is 0 Å². The van der Waals surface area contributed by atoms with Gasteiger partial charge in [-0.1, -0.05) is 0 Å². The van der Waals surface area contributed by atoms with Gasteiger partial charge in [-0.05, 0) is 48.5 Å². The van der Waals surface area contributed by atoms with E-state index in [1.165, 1.54) is 98.1 Å². The predicted octanol–water partition coefficient (Wildman–Crippen LogP) is -2.82. The number of carbonyl (C=O) groups is 4. The summed E-state index contributed by atoms with van der Waals surface area (Å²) < 4.78 is 0. The van der Waals surface area contributed by atoms with Crippen LogP contribution in [0.3, 0.4) is 0 Å². The summed E-state index contributed by atoms with van der Waals surface area (Å²) in [7, 11) is 0. The van der Waals surface area contributed by atoms with Gasteiger partial charge in [0.05, 0.1) is 0 Å². The van der Waals surface area contributed by atoms with Gasteiger partial charge in [0.2, 0.25) is 0 Å². The molecule has 4 heterocycles. The van der Waals surface area contributed by atoms with Crippen LogP contribution in [-0.2, 0) is 129 Å². The maximum Gasteiger partial charge on any atom is 1.00 e. The summed E-state index contributed by atoms with van der Waals surface area (Å²) in [5, 5.41) is 26.6. The average Bonchev–Trinajstić information content (AvgIpc) is 2.92. The van der Waals surface area contributed by atoms with Crippen LogP contribution >= 0.6 is 0 Å². The minimum absolute atomic E-state index is 0. The van der Waals surface area contributed by atoms with Crippen LogP contribution in [0.25, 0.3) is 0 Å². The Labute approximate surface area is 341 Å². The van der Waals surface area contributed by atoms with E-state index in [4.69, 9.17) is 20.4 Å². The molecule has 0 bridgehead atoms. The quantitative estimate of drug-likeness (QED) is 0.151. The minimum atomic E-state index is -0.669. The molecule has 0 atom stereocenters. The van der Waals surface area contributed by atoms with E-state index in [-0.39, 0.29) is 140 Å². The SMILES string of the molecule is O.O.O=C([OH2+])c1ccncc1.O=C([OH2+])c1ccncc1.O=C([OH2+])c1ccncc1.O=C([OH2+])c1ccncc1.[Ag+].[Ag+].[O-2].[O-2].[O-2].[O-2].[O-2].[O-2].[O-2].[O-2].[Re].[Re]. The van der Waals surface area contributed by atoms with Crippen LogP contribution in [0.15, 0.2) is 98.1 Å². The van der Waals surface area contributed by atoms with Crippen LogP contribution in [0.1, 0.15) is 41.4 Å². The minimum Gasteiger partial charge on any atom is -2.00 e. The molecule has 0 aliphatic rings. The fraction of sp³-hybridized carbons (Fsp3) is 0. The molecule has 50 heavy (non-hydrogen) atoms. The summed E-state index contributed by atoms with van der Waals surface area (Å²) in [4.78, 5) is 55.9. The molecule has 4 rings (SSSR count). The van der Waals surface area contributed by atoms with Crippen molar-refractivity contribution in [3.63, 3.8) is 0 Å². The molecule has 0 aliphatic carbocycles. The van der Waals surface area contributed by atoms with E-state index in [1.54, 1.807) is 0 Å². The number of hydrogen-bond donors (Lipinski definition) is 0. The second-order valence-corrected chi connectivity index (χ2v) is 6.26. The molecule has 22 nitrogen and oxygen atoms in total. The van der Waals surface area contributed by atoms with Crippen LogP contribution in [0.2, 0.25) is 0 Å². The van der Waals surface area contributed by atoms with Gasteiger partial charge in [-0.3, -0.25) is 19.9 Å². The molecule has 0 amide bonds. The zero-order valence-corrected chi connectivity index (χ0v) is 32.7. The van der Waals surface area contributed by atoms with Crippen LogP contribution in [-0.4, -0.2) is 75.2 Å². The molecular weight excluding hydrogens is 1220 g/mol. The molecule has 298 valence electrons. The van der Waals surface area contributed by atoms with Gasteiger partial charge in [-0.2, -0.15) is 0 Å². The smallest absolute Gasteiger partial charge is 1.00 e. The Morgan fingerprint density at radius 3 is 0.500 bits per heavy atom. The van der Waals surface area contributed by atoms with E-state index in [2.05, 4.69) is 19.9 Å². The summed E-state index contributed by atoms with van der Waals surface area (Å²) in [6.07, 6.45) is 11.9. The van der Waals surface area contributed by atoms with E-state index in [0.717, 1.165) is 0 Å². The van der Waals surface area contributed by atoms with E-state index in [0.29, 0.717) is 22.3 Å². The molecule has 0 saturated heterocycles. The Kier molecular flexibility index (Phi) is 101. The van der Waals surface area contributed by atoms with Crippen molar-refractivity contribution in [2.24, 2.45) is 0 Å².